The maximum absolute atomic E-state index is 12.7. The number of rotatable bonds is 4. The number of hydrogen-bond acceptors (Lipinski definition) is 4. The number of nitrogens with one attached hydrogen (secondary N) is 1. The smallest absolute Gasteiger partial charge is 0.354 e. The average Bonchev–Trinajstić information content (AvgIpc) is 2.97. The maximum atomic E-state index is 12.7. The Hall–Kier alpha value is -2.28. The summed E-state index contributed by atoms with van der Waals surface area (Å²) in [5.74, 6) is -0.573. The van der Waals surface area contributed by atoms with Crippen molar-refractivity contribution in [1.82, 2.24) is 4.57 Å². The molecule has 0 atom stereocenters. The van der Waals surface area contributed by atoms with Crippen LogP contribution in [0.3, 0.4) is 0 Å². The molecule has 1 aromatic heterocycles. The van der Waals surface area contributed by atoms with Crippen LogP contribution in [0.15, 0.2) is 35.4 Å². The first-order valence-electron chi connectivity index (χ1n) is 7.80. The van der Waals surface area contributed by atoms with E-state index < -0.39 is 16.0 Å². The summed E-state index contributed by atoms with van der Waals surface area (Å²) >= 11 is 0. The van der Waals surface area contributed by atoms with Gasteiger partial charge < -0.3 is 9.30 Å². The van der Waals surface area contributed by atoms with Crippen molar-refractivity contribution >= 4 is 21.7 Å². The molecular formula is C17H20N2O4S. The van der Waals surface area contributed by atoms with E-state index in [2.05, 4.69) is 9.46 Å². The Morgan fingerprint density at radius 1 is 1.25 bits per heavy atom. The van der Waals surface area contributed by atoms with Crippen molar-refractivity contribution in [3.05, 3.63) is 47.3 Å². The average molecular weight is 348 g/mol. The van der Waals surface area contributed by atoms with Crippen LogP contribution < -0.4 is 4.72 Å². The molecule has 1 aliphatic rings. The molecule has 1 heterocycles. The Morgan fingerprint density at radius 2 is 2.00 bits per heavy atom. The van der Waals surface area contributed by atoms with Gasteiger partial charge in [-0.1, -0.05) is 12.1 Å². The third kappa shape index (κ3) is 3.03. The molecule has 6 nitrogen and oxygen atoms in total. The zero-order valence-electron chi connectivity index (χ0n) is 13.7. The van der Waals surface area contributed by atoms with Gasteiger partial charge in [0, 0.05) is 13.2 Å². The highest BCUT2D eigenvalue weighted by molar-refractivity contribution is 7.92. The van der Waals surface area contributed by atoms with Gasteiger partial charge in [0.05, 0.1) is 12.8 Å². The Kier molecular flexibility index (Phi) is 4.36. The van der Waals surface area contributed by atoms with Crippen molar-refractivity contribution < 1.29 is 17.9 Å². The van der Waals surface area contributed by atoms with Gasteiger partial charge in [-0.25, -0.2) is 13.2 Å². The molecule has 0 saturated carbocycles. The predicted molar refractivity (Wildman–Crippen MR) is 90.6 cm³/mol. The van der Waals surface area contributed by atoms with Gasteiger partial charge in [-0.3, -0.25) is 4.72 Å². The fourth-order valence-corrected chi connectivity index (χ4v) is 4.23. The predicted octanol–water partition coefficient (Wildman–Crippen LogP) is 2.49. The van der Waals surface area contributed by atoms with Crippen molar-refractivity contribution in [2.45, 2.75) is 30.6 Å². The molecule has 0 saturated heterocycles. The van der Waals surface area contributed by atoms with Crippen LogP contribution in [0.4, 0.5) is 5.69 Å². The number of anilines is 1. The van der Waals surface area contributed by atoms with E-state index in [4.69, 9.17) is 0 Å². The Labute approximate surface area is 141 Å². The van der Waals surface area contributed by atoms with Gasteiger partial charge in [0.15, 0.2) is 0 Å². The molecule has 1 aliphatic carbocycles. The van der Waals surface area contributed by atoms with Gasteiger partial charge in [-0.05, 0) is 48.9 Å². The first-order chi connectivity index (χ1) is 11.4. The summed E-state index contributed by atoms with van der Waals surface area (Å²) in [6.45, 7) is 0. The van der Waals surface area contributed by atoms with E-state index in [0.717, 1.165) is 31.2 Å². The molecule has 128 valence electrons. The maximum Gasteiger partial charge on any atom is 0.354 e. The molecule has 0 radical (unpaired) electrons. The van der Waals surface area contributed by atoms with Gasteiger partial charge in [0.2, 0.25) is 0 Å². The summed E-state index contributed by atoms with van der Waals surface area (Å²) in [4.78, 5) is 11.7. The summed E-state index contributed by atoms with van der Waals surface area (Å²) < 4.78 is 34.1. The van der Waals surface area contributed by atoms with Crippen molar-refractivity contribution in [3.63, 3.8) is 0 Å². The number of ether oxygens (including phenoxy) is 1. The molecule has 7 heteroatoms. The van der Waals surface area contributed by atoms with E-state index in [0.29, 0.717) is 5.69 Å². The van der Waals surface area contributed by atoms with Crippen molar-refractivity contribution in [2.75, 3.05) is 11.8 Å². The normalized spacial score (nSPS) is 14.1. The number of methoxy groups -OCH3 is 1. The third-order valence-corrected chi connectivity index (χ3v) is 5.66. The molecule has 24 heavy (non-hydrogen) atoms. The van der Waals surface area contributed by atoms with Crippen molar-refractivity contribution in [2.24, 2.45) is 7.05 Å². The fourth-order valence-electron chi connectivity index (χ4n) is 3.07. The number of nitrogens with zero attached hydrogens (tertiary/aromatic N) is 1. The minimum Gasteiger partial charge on any atom is -0.464 e. The van der Waals surface area contributed by atoms with E-state index in [1.54, 1.807) is 13.1 Å². The number of aryl methyl sites for hydroxylation is 2. The molecular weight excluding hydrogens is 328 g/mol. The van der Waals surface area contributed by atoms with Crippen LogP contribution in [0.1, 0.15) is 34.5 Å². The second-order valence-corrected chi connectivity index (χ2v) is 7.60. The van der Waals surface area contributed by atoms with Gasteiger partial charge in [-0.15, -0.1) is 0 Å². The van der Waals surface area contributed by atoms with Gasteiger partial charge in [0.1, 0.15) is 10.6 Å². The molecule has 0 bridgehead atoms. The van der Waals surface area contributed by atoms with Crippen LogP contribution in [-0.2, 0) is 34.6 Å². The molecule has 0 spiro atoms. The van der Waals surface area contributed by atoms with E-state index in [9.17, 15) is 13.2 Å². The summed E-state index contributed by atoms with van der Waals surface area (Å²) in [6.07, 6.45) is 5.44. The lowest BCUT2D eigenvalue weighted by Gasteiger charge is -2.19. The molecule has 0 fully saturated rings. The monoisotopic (exact) mass is 348 g/mol. The van der Waals surface area contributed by atoms with Gasteiger partial charge in [0.25, 0.3) is 10.0 Å². The first-order valence-corrected chi connectivity index (χ1v) is 9.29. The van der Waals surface area contributed by atoms with Gasteiger partial charge in [-0.2, -0.15) is 0 Å². The lowest BCUT2D eigenvalue weighted by molar-refractivity contribution is 0.0590. The number of aromatic nitrogens is 1. The van der Waals surface area contributed by atoms with E-state index in [-0.39, 0.29) is 10.6 Å². The van der Waals surface area contributed by atoms with Crippen LogP contribution >= 0.6 is 0 Å². The molecule has 0 unspecified atom stereocenters. The summed E-state index contributed by atoms with van der Waals surface area (Å²) in [7, 11) is -0.900. The Balaban J connectivity index is 1.94. The zero-order valence-corrected chi connectivity index (χ0v) is 14.5. The Morgan fingerprint density at radius 3 is 2.75 bits per heavy atom. The summed E-state index contributed by atoms with van der Waals surface area (Å²) in [5.41, 5.74) is 3.07. The van der Waals surface area contributed by atoms with Crippen LogP contribution in [0.5, 0.6) is 0 Å². The topological polar surface area (TPSA) is 77.4 Å². The van der Waals surface area contributed by atoms with Crippen LogP contribution in [0.25, 0.3) is 0 Å². The second-order valence-electron chi connectivity index (χ2n) is 5.92. The highest BCUT2D eigenvalue weighted by atomic mass is 32.2. The van der Waals surface area contributed by atoms with Crippen LogP contribution in [0, 0.1) is 0 Å². The number of benzene rings is 1. The standard InChI is InChI=1S/C17H20N2O4S/c1-19-11-13(10-16(19)17(20)23-2)24(21,22)18-15-9-5-7-12-6-3-4-8-14(12)15/h5,7,9-11,18H,3-4,6,8H2,1-2H3. The lowest BCUT2D eigenvalue weighted by Crippen LogP contribution is -2.15. The quantitative estimate of drug-likeness (QED) is 0.861. The number of carbonyl (C=O) groups is 1. The minimum absolute atomic E-state index is 0.0406. The lowest BCUT2D eigenvalue weighted by atomic mass is 9.91. The largest absolute Gasteiger partial charge is 0.464 e. The number of fused-ring (bicyclic) bond motifs is 1. The number of sulfonamides is 1. The molecule has 1 aromatic carbocycles. The fraction of sp³-hybridized carbons (Fsp3) is 0.353. The van der Waals surface area contributed by atoms with Crippen LogP contribution in [0.2, 0.25) is 0 Å². The van der Waals surface area contributed by atoms with E-state index in [1.807, 2.05) is 12.1 Å². The third-order valence-electron chi connectivity index (χ3n) is 4.32. The SMILES string of the molecule is COC(=O)c1cc(S(=O)(=O)Nc2cccc3c2CCCC3)cn1C. The highest BCUT2D eigenvalue weighted by Crippen LogP contribution is 2.29. The molecule has 2 aromatic rings. The molecule has 0 aliphatic heterocycles. The van der Waals surface area contributed by atoms with Crippen LogP contribution in [-0.4, -0.2) is 26.1 Å². The number of carbonyl (C=O) groups excluding carboxylic acids is 1. The summed E-state index contributed by atoms with van der Waals surface area (Å²) in [6, 6.07) is 7.02. The van der Waals surface area contributed by atoms with Crippen molar-refractivity contribution in [3.8, 4) is 0 Å². The minimum atomic E-state index is -3.77. The number of esters is 1. The van der Waals surface area contributed by atoms with E-state index >= 15 is 0 Å². The molecule has 3 rings (SSSR count). The summed E-state index contributed by atoms with van der Waals surface area (Å²) in [5, 5.41) is 0. The molecule has 0 amide bonds. The van der Waals surface area contributed by atoms with E-state index in [1.165, 1.54) is 29.5 Å². The first kappa shape index (κ1) is 16.6. The van der Waals surface area contributed by atoms with Crippen molar-refractivity contribution in [1.29, 1.82) is 0 Å². The zero-order chi connectivity index (χ0) is 17.3. The van der Waals surface area contributed by atoms with Gasteiger partial charge >= 0.3 is 5.97 Å². The molecule has 1 N–H and O–H groups in total. The second kappa shape index (κ2) is 6.32. The number of hydrogen-bond donors (Lipinski definition) is 1. The Bertz CT molecular complexity index is 884. The highest BCUT2D eigenvalue weighted by Gasteiger charge is 2.23.